The number of nitrogens with zero attached hydrogens (tertiary/aromatic N) is 1. The van der Waals surface area contributed by atoms with Crippen molar-refractivity contribution in [3.63, 3.8) is 0 Å². The third kappa shape index (κ3) is 3.11. The van der Waals surface area contributed by atoms with E-state index in [2.05, 4.69) is 5.32 Å². The zero-order valence-electron chi connectivity index (χ0n) is 11.9. The van der Waals surface area contributed by atoms with Crippen molar-refractivity contribution in [1.82, 2.24) is 10.2 Å². The molecule has 2 fully saturated rings. The van der Waals surface area contributed by atoms with Gasteiger partial charge in [0.1, 0.15) is 5.54 Å². The van der Waals surface area contributed by atoms with E-state index in [-0.39, 0.29) is 24.3 Å². The first-order valence-corrected chi connectivity index (χ1v) is 7.25. The standard InChI is InChI=1S/C14H22N2O4/c1-20-13(19)14(7-3-4-8-14)15-11(17)10-16-9-5-2-6-12(16)18/h2-10H2,1H3,(H,15,17). The second-order valence-corrected chi connectivity index (χ2v) is 5.60. The molecule has 0 aromatic heterocycles. The summed E-state index contributed by atoms with van der Waals surface area (Å²) in [5, 5.41) is 2.80. The average Bonchev–Trinajstić information content (AvgIpc) is 2.90. The van der Waals surface area contributed by atoms with E-state index in [9.17, 15) is 14.4 Å². The van der Waals surface area contributed by atoms with Crippen LogP contribution in [0, 0.1) is 0 Å². The Balaban J connectivity index is 1.95. The van der Waals surface area contributed by atoms with Gasteiger partial charge in [-0.1, -0.05) is 12.8 Å². The van der Waals surface area contributed by atoms with Gasteiger partial charge in [0.15, 0.2) is 0 Å². The van der Waals surface area contributed by atoms with Crippen molar-refractivity contribution in [2.45, 2.75) is 50.5 Å². The van der Waals surface area contributed by atoms with Gasteiger partial charge in [0.2, 0.25) is 11.8 Å². The van der Waals surface area contributed by atoms with Gasteiger partial charge in [0.05, 0.1) is 13.7 Å². The lowest BCUT2D eigenvalue weighted by Gasteiger charge is -2.30. The number of carbonyl (C=O) groups excluding carboxylic acids is 3. The molecule has 0 atom stereocenters. The third-order valence-corrected chi connectivity index (χ3v) is 4.17. The molecule has 1 saturated carbocycles. The van der Waals surface area contributed by atoms with E-state index >= 15 is 0 Å². The lowest BCUT2D eigenvalue weighted by atomic mass is 9.97. The predicted octanol–water partition coefficient (Wildman–Crippen LogP) is 0.601. The molecule has 2 rings (SSSR count). The van der Waals surface area contributed by atoms with Crippen molar-refractivity contribution in [3.8, 4) is 0 Å². The first kappa shape index (κ1) is 14.8. The summed E-state index contributed by atoms with van der Waals surface area (Å²) >= 11 is 0. The highest BCUT2D eigenvalue weighted by atomic mass is 16.5. The Bertz CT molecular complexity index is 402. The number of hydrogen-bond donors (Lipinski definition) is 1. The number of carbonyl (C=O) groups is 3. The molecule has 1 heterocycles. The maximum atomic E-state index is 12.1. The van der Waals surface area contributed by atoms with Gasteiger partial charge in [0, 0.05) is 13.0 Å². The van der Waals surface area contributed by atoms with Crippen LogP contribution in [-0.2, 0) is 19.1 Å². The molecule has 0 spiro atoms. The summed E-state index contributed by atoms with van der Waals surface area (Å²) in [6.45, 7) is 0.662. The van der Waals surface area contributed by atoms with Crippen LogP contribution in [0.2, 0.25) is 0 Å². The highest BCUT2D eigenvalue weighted by Gasteiger charge is 2.43. The SMILES string of the molecule is COC(=O)C1(NC(=O)CN2CCCCC2=O)CCCC1. The molecular formula is C14H22N2O4. The third-order valence-electron chi connectivity index (χ3n) is 4.17. The number of esters is 1. The summed E-state index contributed by atoms with van der Waals surface area (Å²) in [4.78, 5) is 37.3. The molecule has 20 heavy (non-hydrogen) atoms. The molecule has 112 valence electrons. The number of ether oxygens (including phenoxy) is 1. The Morgan fingerprint density at radius 3 is 2.55 bits per heavy atom. The molecule has 0 aromatic carbocycles. The Labute approximate surface area is 118 Å². The largest absolute Gasteiger partial charge is 0.467 e. The van der Waals surface area contributed by atoms with Crippen LogP contribution in [0.5, 0.6) is 0 Å². The summed E-state index contributed by atoms with van der Waals surface area (Å²) in [5.41, 5.74) is -0.884. The quantitative estimate of drug-likeness (QED) is 0.766. The van der Waals surface area contributed by atoms with Crippen molar-refractivity contribution < 1.29 is 19.1 Å². The first-order chi connectivity index (χ1) is 9.57. The van der Waals surface area contributed by atoms with E-state index in [1.54, 1.807) is 4.90 Å². The summed E-state index contributed by atoms with van der Waals surface area (Å²) in [6, 6.07) is 0. The first-order valence-electron chi connectivity index (χ1n) is 7.25. The van der Waals surface area contributed by atoms with Gasteiger partial charge in [-0.25, -0.2) is 4.79 Å². The number of amides is 2. The minimum Gasteiger partial charge on any atom is -0.467 e. The fourth-order valence-electron chi connectivity index (χ4n) is 3.06. The maximum Gasteiger partial charge on any atom is 0.331 e. The highest BCUT2D eigenvalue weighted by Crippen LogP contribution is 2.30. The van der Waals surface area contributed by atoms with Crippen LogP contribution in [0.15, 0.2) is 0 Å². The van der Waals surface area contributed by atoms with Crippen molar-refractivity contribution in [1.29, 1.82) is 0 Å². The molecule has 1 aliphatic heterocycles. The molecule has 1 saturated heterocycles. The summed E-state index contributed by atoms with van der Waals surface area (Å²) < 4.78 is 4.82. The predicted molar refractivity (Wildman–Crippen MR) is 71.8 cm³/mol. The Morgan fingerprint density at radius 1 is 1.25 bits per heavy atom. The molecule has 0 aromatic rings. The number of methoxy groups -OCH3 is 1. The fourth-order valence-corrected chi connectivity index (χ4v) is 3.06. The second kappa shape index (κ2) is 6.24. The van der Waals surface area contributed by atoms with Crippen LogP contribution in [0.4, 0.5) is 0 Å². The molecule has 6 heteroatoms. The minimum absolute atomic E-state index is 0.0185. The van der Waals surface area contributed by atoms with E-state index in [4.69, 9.17) is 4.74 Å². The lowest BCUT2D eigenvalue weighted by molar-refractivity contribution is -0.151. The van der Waals surface area contributed by atoms with Crippen LogP contribution in [0.1, 0.15) is 44.9 Å². The number of rotatable bonds is 4. The molecule has 6 nitrogen and oxygen atoms in total. The van der Waals surface area contributed by atoms with E-state index in [0.717, 1.165) is 25.7 Å². The second-order valence-electron chi connectivity index (χ2n) is 5.60. The smallest absolute Gasteiger partial charge is 0.331 e. The Morgan fingerprint density at radius 2 is 1.95 bits per heavy atom. The molecular weight excluding hydrogens is 260 g/mol. The zero-order chi connectivity index (χ0) is 14.6. The van der Waals surface area contributed by atoms with Gasteiger partial charge in [-0.2, -0.15) is 0 Å². The summed E-state index contributed by atoms with van der Waals surface area (Å²) in [6.07, 6.45) is 5.36. The van der Waals surface area contributed by atoms with E-state index < -0.39 is 5.54 Å². The lowest BCUT2D eigenvalue weighted by Crippen LogP contribution is -2.56. The van der Waals surface area contributed by atoms with Gasteiger partial charge >= 0.3 is 5.97 Å². The number of piperidine rings is 1. The van der Waals surface area contributed by atoms with E-state index in [1.165, 1.54) is 7.11 Å². The number of likely N-dealkylation sites (tertiary alicyclic amines) is 1. The summed E-state index contributed by atoms with van der Waals surface area (Å²) in [7, 11) is 1.34. The van der Waals surface area contributed by atoms with Crippen molar-refractivity contribution in [2.75, 3.05) is 20.2 Å². The highest BCUT2D eigenvalue weighted by molar-refractivity contribution is 5.91. The molecule has 2 amide bonds. The van der Waals surface area contributed by atoms with Crippen LogP contribution in [-0.4, -0.2) is 48.4 Å². The maximum absolute atomic E-state index is 12.1. The van der Waals surface area contributed by atoms with Crippen molar-refractivity contribution >= 4 is 17.8 Å². The van der Waals surface area contributed by atoms with Crippen LogP contribution in [0.25, 0.3) is 0 Å². The Hall–Kier alpha value is -1.59. The molecule has 1 N–H and O–H groups in total. The van der Waals surface area contributed by atoms with Crippen molar-refractivity contribution in [3.05, 3.63) is 0 Å². The summed E-state index contributed by atoms with van der Waals surface area (Å²) in [5.74, 6) is -0.634. The number of hydrogen-bond acceptors (Lipinski definition) is 4. The fraction of sp³-hybridized carbons (Fsp3) is 0.786. The van der Waals surface area contributed by atoms with Gasteiger partial charge < -0.3 is 15.0 Å². The van der Waals surface area contributed by atoms with Gasteiger partial charge in [0.25, 0.3) is 0 Å². The van der Waals surface area contributed by atoms with Crippen LogP contribution >= 0.6 is 0 Å². The van der Waals surface area contributed by atoms with E-state index in [0.29, 0.717) is 25.8 Å². The molecule has 0 bridgehead atoms. The van der Waals surface area contributed by atoms with Gasteiger partial charge in [-0.05, 0) is 25.7 Å². The monoisotopic (exact) mass is 282 g/mol. The molecule has 0 unspecified atom stereocenters. The Kier molecular flexibility index (Phi) is 4.62. The molecule has 0 radical (unpaired) electrons. The number of nitrogens with one attached hydrogen (secondary N) is 1. The molecule has 2 aliphatic rings. The average molecular weight is 282 g/mol. The topological polar surface area (TPSA) is 75.7 Å². The van der Waals surface area contributed by atoms with Gasteiger partial charge in [-0.15, -0.1) is 0 Å². The van der Waals surface area contributed by atoms with Crippen molar-refractivity contribution in [2.24, 2.45) is 0 Å². The van der Waals surface area contributed by atoms with Crippen LogP contribution in [0.3, 0.4) is 0 Å². The van der Waals surface area contributed by atoms with E-state index in [1.807, 2.05) is 0 Å². The molecule has 1 aliphatic carbocycles. The van der Waals surface area contributed by atoms with Crippen LogP contribution < -0.4 is 5.32 Å². The zero-order valence-corrected chi connectivity index (χ0v) is 11.9. The minimum atomic E-state index is -0.884. The van der Waals surface area contributed by atoms with Gasteiger partial charge in [-0.3, -0.25) is 9.59 Å². The normalized spacial score (nSPS) is 21.6.